The molecule has 0 fully saturated rings. The highest BCUT2D eigenvalue weighted by Gasteiger charge is 2.23. The minimum absolute atomic E-state index is 0.132. The lowest BCUT2D eigenvalue weighted by molar-refractivity contribution is -0.384. The van der Waals surface area contributed by atoms with Crippen LogP contribution in [0.1, 0.15) is 16.7 Å². The molecule has 0 aliphatic carbocycles. The van der Waals surface area contributed by atoms with Gasteiger partial charge in [0.05, 0.1) is 20.9 Å². The standard InChI is InChI=1S/C16H15N3O4S/c1-10-6-12(3)16(7-11(10)2)24(22,23)18-9-17-14-8-13(19(20)21)4-5-15(14)18/h4-9H,1-3H3. The Kier molecular flexibility index (Phi) is 3.64. The highest BCUT2D eigenvalue weighted by molar-refractivity contribution is 7.90. The summed E-state index contributed by atoms with van der Waals surface area (Å²) in [4.78, 5) is 14.5. The number of benzene rings is 2. The van der Waals surface area contributed by atoms with Gasteiger partial charge in [-0.05, 0) is 49.6 Å². The average Bonchev–Trinajstić information content (AvgIpc) is 2.94. The van der Waals surface area contributed by atoms with Crippen LogP contribution in [0.5, 0.6) is 0 Å². The summed E-state index contributed by atoms with van der Waals surface area (Å²) in [5.41, 5.74) is 2.96. The SMILES string of the molecule is Cc1cc(C)c(S(=O)(=O)n2cnc3cc([N+](=O)[O-])ccc32)cc1C. The van der Waals surface area contributed by atoms with E-state index in [1.165, 1.54) is 24.5 Å². The maximum atomic E-state index is 13.0. The highest BCUT2D eigenvalue weighted by atomic mass is 32.2. The number of aromatic nitrogens is 2. The van der Waals surface area contributed by atoms with Gasteiger partial charge in [-0.1, -0.05) is 6.07 Å². The van der Waals surface area contributed by atoms with Crippen molar-refractivity contribution in [3.8, 4) is 0 Å². The van der Waals surface area contributed by atoms with Gasteiger partial charge in [-0.2, -0.15) is 0 Å². The summed E-state index contributed by atoms with van der Waals surface area (Å²) in [6, 6.07) is 7.38. The second-order valence-electron chi connectivity index (χ2n) is 5.68. The molecule has 0 unspecified atom stereocenters. The van der Waals surface area contributed by atoms with E-state index in [0.29, 0.717) is 11.1 Å². The van der Waals surface area contributed by atoms with E-state index in [0.717, 1.165) is 15.1 Å². The molecule has 0 aliphatic rings. The summed E-state index contributed by atoms with van der Waals surface area (Å²) in [7, 11) is -3.84. The van der Waals surface area contributed by atoms with Crippen molar-refractivity contribution in [1.82, 2.24) is 8.96 Å². The van der Waals surface area contributed by atoms with E-state index < -0.39 is 14.9 Å². The molecule has 0 saturated heterocycles. The summed E-state index contributed by atoms with van der Waals surface area (Å²) >= 11 is 0. The lowest BCUT2D eigenvalue weighted by Crippen LogP contribution is -2.13. The van der Waals surface area contributed by atoms with Crippen LogP contribution in [-0.4, -0.2) is 22.3 Å². The van der Waals surface area contributed by atoms with Crippen molar-refractivity contribution in [2.45, 2.75) is 25.7 Å². The van der Waals surface area contributed by atoms with Crippen LogP contribution in [0, 0.1) is 30.9 Å². The Morgan fingerprint density at radius 3 is 2.38 bits per heavy atom. The van der Waals surface area contributed by atoms with Gasteiger partial charge in [-0.3, -0.25) is 10.1 Å². The molecule has 0 aliphatic heterocycles. The van der Waals surface area contributed by atoms with Crippen LogP contribution in [0.15, 0.2) is 41.6 Å². The molecule has 2 aromatic carbocycles. The van der Waals surface area contributed by atoms with E-state index in [4.69, 9.17) is 0 Å². The first-order valence-corrected chi connectivity index (χ1v) is 8.61. The lowest BCUT2D eigenvalue weighted by Gasteiger charge is -2.12. The Morgan fingerprint density at radius 1 is 1.04 bits per heavy atom. The summed E-state index contributed by atoms with van der Waals surface area (Å²) in [5, 5.41) is 10.8. The molecular weight excluding hydrogens is 330 g/mol. The van der Waals surface area contributed by atoms with E-state index in [9.17, 15) is 18.5 Å². The van der Waals surface area contributed by atoms with Crippen LogP contribution in [-0.2, 0) is 10.0 Å². The van der Waals surface area contributed by atoms with Gasteiger partial charge in [0.15, 0.2) is 0 Å². The Labute approximate surface area is 138 Å². The Bertz CT molecular complexity index is 1080. The van der Waals surface area contributed by atoms with Gasteiger partial charge < -0.3 is 0 Å². The zero-order valence-corrected chi connectivity index (χ0v) is 14.2. The molecule has 3 rings (SSSR count). The van der Waals surface area contributed by atoms with Crippen LogP contribution in [0.4, 0.5) is 5.69 Å². The van der Waals surface area contributed by atoms with Crippen molar-refractivity contribution in [3.63, 3.8) is 0 Å². The van der Waals surface area contributed by atoms with Crippen LogP contribution in [0.2, 0.25) is 0 Å². The minimum atomic E-state index is -3.84. The fraction of sp³-hybridized carbons (Fsp3) is 0.188. The molecule has 0 N–H and O–H groups in total. The van der Waals surface area contributed by atoms with Crippen molar-refractivity contribution >= 4 is 26.7 Å². The van der Waals surface area contributed by atoms with Gasteiger partial charge in [0.2, 0.25) is 0 Å². The first kappa shape index (κ1) is 16.1. The molecule has 0 saturated carbocycles. The van der Waals surface area contributed by atoms with E-state index in [-0.39, 0.29) is 16.1 Å². The third kappa shape index (κ3) is 2.44. The second-order valence-corrected chi connectivity index (χ2v) is 7.46. The van der Waals surface area contributed by atoms with Crippen molar-refractivity contribution in [1.29, 1.82) is 0 Å². The fourth-order valence-corrected chi connectivity index (χ4v) is 4.19. The number of aryl methyl sites for hydroxylation is 3. The van der Waals surface area contributed by atoms with Gasteiger partial charge in [0, 0.05) is 12.1 Å². The van der Waals surface area contributed by atoms with E-state index in [1.807, 2.05) is 19.9 Å². The van der Waals surface area contributed by atoms with Crippen molar-refractivity contribution in [2.24, 2.45) is 0 Å². The molecule has 0 spiro atoms. The van der Waals surface area contributed by atoms with Crippen LogP contribution >= 0.6 is 0 Å². The molecule has 1 aromatic heterocycles. The number of hydrogen-bond acceptors (Lipinski definition) is 5. The monoisotopic (exact) mass is 345 g/mol. The van der Waals surface area contributed by atoms with Gasteiger partial charge in [0.1, 0.15) is 6.33 Å². The number of non-ortho nitro benzene ring substituents is 1. The first-order chi connectivity index (χ1) is 11.2. The predicted molar refractivity (Wildman–Crippen MR) is 89.6 cm³/mol. The van der Waals surface area contributed by atoms with Crippen molar-refractivity contribution in [2.75, 3.05) is 0 Å². The number of rotatable bonds is 3. The number of nitrogens with zero attached hydrogens (tertiary/aromatic N) is 3. The normalized spacial score (nSPS) is 11.8. The van der Waals surface area contributed by atoms with E-state index >= 15 is 0 Å². The fourth-order valence-electron chi connectivity index (χ4n) is 2.60. The quantitative estimate of drug-likeness (QED) is 0.537. The zero-order chi connectivity index (χ0) is 17.6. The van der Waals surface area contributed by atoms with E-state index in [2.05, 4.69) is 4.98 Å². The molecule has 8 heteroatoms. The minimum Gasteiger partial charge on any atom is -0.258 e. The molecule has 3 aromatic rings. The lowest BCUT2D eigenvalue weighted by atomic mass is 10.1. The first-order valence-electron chi connectivity index (χ1n) is 7.17. The maximum absolute atomic E-state index is 13.0. The average molecular weight is 345 g/mol. The molecule has 0 radical (unpaired) electrons. The highest BCUT2D eigenvalue weighted by Crippen LogP contribution is 2.26. The summed E-state index contributed by atoms with van der Waals surface area (Å²) < 4.78 is 27.1. The van der Waals surface area contributed by atoms with Crippen LogP contribution in [0.3, 0.4) is 0 Å². The van der Waals surface area contributed by atoms with Gasteiger partial charge >= 0.3 is 0 Å². The topological polar surface area (TPSA) is 95.1 Å². The Hall–Kier alpha value is -2.74. The third-order valence-corrected chi connectivity index (χ3v) is 5.84. The van der Waals surface area contributed by atoms with Crippen molar-refractivity contribution in [3.05, 3.63) is 63.5 Å². The third-order valence-electron chi connectivity index (χ3n) is 4.04. The molecule has 7 nitrogen and oxygen atoms in total. The van der Waals surface area contributed by atoms with Crippen LogP contribution in [0.25, 0.3) is 11.0 Å². The predicted octanol–water partition coefficient (Wildman–Crippen LogP) is 3.11. The van der Waals surface area contributed by atoms with Crippen molar-refractivity contribution < 1.29 is 13.3 Å². The molecule has 24 heavy (non-hydrogen) atoms. The number of nitro groups is 1. The summed E-state index contributed by atoms with van der Waals surface area (Å²) in [6.45, 7) is 5.51. The Balaban J connectivity index is 2.23. The number of hydrogen-bond donors (Lipinski definition) is 0. The maximum Gasteiger partial charge on any atom is 0.271 e. The molecule has 0 bridgehead atoms. The van der Waals surface area contributed by atoms with Gasteiger partial charge in [0.25, 0.3) is 15.7 Å². The summed E-state index contributed by atoms with van der Waals surface area (Å²) in [5.74, 6) is 0. The molecule has 0 atom stereocenters. The number of fused-ring (bicyclic) bond motifs is 1. The van der Waals surface area contributed by atoms with Crippen LogP contribution < -0.4 is 0 Å². The van der Waals surface area contributed by atoms with Gasteiger partial charge in [-0.15, -0.1) is 0 Å². The Morgan fingerprint density at radius 2 is 1.71 bits per heavy atom. The molecule has 0 amide bonds. The van der Waals surface area contributed by atoms with E-state index in [1.54, 1.807) is 13.0 Å². The number of imidazole rings is 1. The number of nitro benzene ring substituents is 1. The molecular formula is C16H15N3O4S. The molecule has 1 heterocycles. The smallest absolute Gasteiger partial charge is 0.258 e. The molecule has 124 valence electrons. The summed E-state index contributed by atoms with van der Waals surface area (Å²) in [6.07, 6.45) is 1.18. The van der Waals surface area contributed by atoms with Gasteiger partial charge in [-0.25, -0.2) is 17.4 Å². The second kappa shape index (κ2) is 5.41. The zero-order valence-electron chi connectivity index (χ0n) is 13.3. The largest absolute Gasteiger partial charge is 0.271 e.